The average molecular weight is 199 g/mol. The van der Waals surface area contributed by atoms with Gasteiger partial charge in [-0.2, -0.15) is 0 Å². The lowest BCUT2D eigenvalue weighted by Gasteiger charge is -2.34. The third-order valence-corrected chi connectivity index (χ3v) is 3.67. The van der Waals surface area contributed by atoms with Gasteiger partial charge in [-0.05, 0) is 39.2 Å². The van der Waals surface area contributed by atoms with E-state index in [1.54, 1.807) is 0 Å². The van der Waals surface area contributed by atoms with Crippen molar-refractivity contribution >= 4 is 0 Å². The summed E-state index contributed by atoms with van der Waals surface area (Å²) in [5.41, 5.74) is 0.0815. The predicted molar refractivity (Wildman–Crippen MR) is 60.5 cm³/mol. The van der Waals surface area contributed by atoms with E-state index in [9.17, 15) is 0 Å². The Hall–Kier alpha value is -0.0800. The van der Waals surface area contributed by atoms with Gasteiger partial charge in [-0.25, -0.2) is 0 Å². The summed E-state index contributed by atoms with van der Waals surface area (Å²) in [7, 11) is 2.06. The Kier molecular flexibility index (Phi) is 4.39. The quantitative estimate of drug-likeness (QED) is 0.735. The normalized spacial score (nSPS) is 31.7. The van der Waals surface area contributed by atoms with Gasteiger partial charge in [-0.1, -0.05) is 20.3 Å². The van der Waals surface area contributed by atoms with Crippen molar-refractivity contribution in [3.8, 4) is 0 Å². The molecule has 84 valence electrons. The Bertz CT molecular complexity index is 164. The van der Waals surface area contributed by atoms with Gasteiger partial charge in [-0.3, -0.25) is 0 Å². The molecule has 0 spiro atoms. The maximum absolute atomic E-state index is 5.88. The molecule has 2 heteroatoms. The lowest BCUT2D eigenvalue weighted by Crippen LogP contribution is -2.47. The largest absolute Gasteiger partial charge is 0.374 e. The van der Waals surface area contributed by atoms with Crippen LogP contribution in [0.3, 0.4) is 0 Å². The van der Waals surface area contributed by atoms with Gasteiger partial charge in [0, 0.05) is 12.6 Å². The van der Waals surface area contributed by atoms with Gasteiger partial charge in [0.05, 0.1) is 5.60 Å². The van der Waals surface area contributed by atoms with Crippen molar-refractivity contribution in [3.05, 3.63) is 0 Å². The summed E-state index contributed by atoms with van der Waals surface area (Å²) in [5, 5.41) is 3.42. The molecule has 0 aromatic rings. The van der Waals surface area contributed by atoms with Crippen LogP contribution in [-0.4, -0.2) is 25.3 Å². The van der Waals surface area contributed by atoms with E-state index in [0.717, 1.165) is 12.5 Å². The third-order valence-electron chi connectivity index (χ3n) is 3.67. The van der Waals surface area contributed by atoms with Crippen LogP contribution in [0.5, 0.6) is 0 Å². The lowest BCUT2D eigenvalue weighted by molar-refractivity contribution is -0.0155. The van der Waals surface area contributed by atoms with Crippen LogP contribution in [-0.2, 0) is 4.74 Å². The van der Waals surface area contributed by atoms with Crippen LogP contribution < -0.4 is 5.32 Å². The minimum Gasteiger partial charge on any atom is -0.374 e. The second kappa shape index (κ2) is 5.13. The SMILES string of the molecule is CCC(C)CC(NC)C1(C)CCCO1. The Balaban J connectivity index is 2.51. The maximum Gasteiger partial charge on any atom is 0.0807 e. The number of hydrogen-bond acceptors (Lipinski definition) is 2. The van der Waals surface area contributed by atoms with E-state index in [1.807, 2.05) is 0 Å². The molecule has 3 atom stereocenters. The first kappa shape index (κ1) is 12.0. The molecule has 2 nitrogen and oxygen atoms in total. The van der Waals surface area contributed by atoms with Crippen LogP contribution in [0, 0.1) is 5.92 Å². The smallest absolute Gasteiger partial charge is 0.0807 e. The van der Waals surface area contributed by atoms with Gasteiger partial charge < -0.3 is 10.1 Å². The molecule has 0 aromatic carbocycles. The standard InChI is InChI=1S/C12H25NO/c1-5-10(2)9-11(13-4)12(3)7-6-8-14-12/h10-11,13H,5-9H2,1-4H3. The molecule has 0 bridgehead atoms. The van der Waals surface area contributed by atoms with Crippen LogP contribution in [0.15, 0.2) is 0 Å². The van der Waals surface area contributed by atoms with Gasteiger partial charge in [-0.15, -0.1) is 0 Å². The predicted octanol–water partition coefficient (Wildman–Crippen LogP) is 2.58. The van der Waals surface area contributed by atoms with Crippen molar-refractivity contribution in [2.24, 2.45) is 5.92 Å². The fraction of sp³-hybridized carbons (Fsp3) is 1.00. The van der Waals surface area contributed by atoms with E-state index >= 15 is 0 Å². The van der Waals surface area contributed by atoms with Gasteiger partial charge in [0.15, 0.2) is 0 Å². The zero-order valence-corrected chi connectivity index (χ0v) is 10.1. The first-order valence-electron chi connectivity index (χ1n) is 5.93. The second-order valence-corrected chi connectivity index (χ2v) is 4.86. The molecule has 1 rings (SSSR count). The fourth-order valence-corrected chi connectivity index (χ4v) is 2.32. The van der Waals surface area contributed by atoms with Crippen LogP contribution >= 0.6 is 0 Å². The van der Waals surface area contributed by atoms with Gasteiger partial charge in [0.25, 0.3) is 0 Å². The summed E-state index contributed by atoms with van der Waals surface area (Å²) < 4.78 is 5.88. The van der Waals surface area contributed by atoms with E-state index in [4.69, 9.17) is 4.74 Å². The monoisotopic (exact) mass is 199 g/mol. The summed E-state index contributed by atoms with van der Waals surface area (Å²) >= 11 is 0. The van der Waals surface area contributed by atoms with Crippen LogP contribution in [0.4, 0.5) is 0 Å². The highest BCUT2D eigenvalue weighted by Crippen LogP contribution is 2.31. The highest BCUT2D eigenvalue weighted by atomic mass is 16.5. The van der Waals surface area contributed by atoms with Crippen molar-refractivity contribution in [2.75, 3.05) is 13.7 Å². The molecule has 0 radical (unpaired) electrons. The maximum atomic E-state index is 5.88. The Morgan fingerprint density at radius 1 is 1.50 bits per heavy atom. The number of likely N-dealkylation sites (N-methyl/N-ethyl adjacent to an activating group) is 1. The van der Waals surface area contributed by atoms with Gasteiger partial charge >= 0.3 is 0 Å². The number of hydrogen-bond donors (Lipinski definition) is 1. The molecule has 1 fully saturated rings. The van der Waals surface area contributed by atoms with Crippen molar-refractivity contribution < 1.29 is 4.74 Å². The fourth-order valence-electron chi connectivity index (χ4n) is 2.32. The summed E-state index contributed by atoms with van der Waals surface area (Å²) in [5.74, 6) is 0.786. The summed E-state index contributed by atoms with van der Waals surface area (Å²) in [6.07, 6.45) is 4.90. The number of ether oxygens (including phenoxy) is 1. The van der Waals surface area contributed by atoms with Crippen molar-refractivity contribution in [3.63, 3.8) is 0 Å². The molecule has 1 aliphatic heterocycles. The third kappa shape index (κ3) is 2.71. The topological polar surface area (TPSA) is 21.3 Å². The molecule has 1 heterocycles. The molecule has 0 aliphatic carbocycles. The molecule has 14 heavy (non-hydrogen) atoms. The van der Waals surface area contributed by atoms with E-state index in [0.29, 0.717) is 6.04 Å². The molecular weight excluding hydrogens is 174 g/mol. The van der Waals surface area contributed by atoms with E-state index < -0.39 is 0 Å². The van der Waals surface area contributed by atoms with Gasteiger partial charge in [0.1, 0.15) is 0 Å². The van der Waals surface area contributed by atoms with E-state index in [-0.39, 0.29) is 5.60 Å². The minimum atomic E-state index is 0.0815. The second-order valence-electron chi connectivity index (χ2n) is 4.86. The minimum absolute atomic E-state index is 0.0815. The molecular formula is C12H25NO. The van der Waals surface area contributed by atoms with E-state index in [1.165, 1.54) is 25.7 Å². The van der Waals surface area contributed by atoms with Crippen molar-refractivity contribution in [1.29, 1.82) is 0 Å². The summed E-state index contributed by atoms with van der Waals surface area (Å²) in [4.78, 5) is 0. The van der Waals surface area contributed by atoms with Crippen molar-refractivity contribution in [2.45, 2.75) is 58.1 Å². The Labute approximate surface area is 88.4 Å². The summed E-state index contributed by atoms with van der Waals surface area (Å²) in [6.45, 7) is 7.77. The highest BCUT2D eigenvalue weighted by Gasteiger charge is 2.37. The van der Waals surface area contributed by atoms with Gasteiger partial charge in [0.2, 0.25) is 0 Å². The van der Waals surface area contributed by atoms with Crippen LogP contribution in [0.1, 0.15) is 46.5 Å². The first-order valence-corrected chi connectivity index (χ1v) is 5.93. The Morgan fingerprint density at radius 2 is 2.21 bits per heavy atom. The molecule has 0 aromatic heterocycles. The zero-order chi connectivity index (χ0) is 10.6. The number of nitrogens with one attached hydrogen (secondary N) is 1. The Morgan fingerprint density at radius 3 is 2.64 bits per heavy atom. The molecule has 3 unspecified atom stereocenters. The average Bonchev–Trinajstić information content (AvgIpc) is 2.62. The molecule has 1 aliphatic rings. The summed E-state index contributed by atoms with van der Waals surface area (Å²) in [6, 6.07) is 0.514. The van der Waals surface area contributed by atoms with Crippen molar-refractivity contribution in [1.82, 2.24) is 5.32 Å². The molecule has 0 amide bonds. The molecule has 0 saturated carbocycles. The van der Waals surface area contributed by atoms with Crippen LogP contribution in [0.25, 0.3) is 0 Å². The van der Waals surface area contributed by atoms with E-state index in [2.05, 4.69) is 33.1 Å². The lowest BCUT2D eigenvalue weighted by atomic mass is 9.86. The zero-order valence-electron chi connectivity index (χ0n) is 10.1. The number of rotatable bonds is 5. The van der Waals surface area contributed by atoms with Crippen LogP contribution in [0.2, 0.25) is 0 Å². The molecule has 1 saturated heterocycles. The molecule has 1 N–H and O–H groups in total. The highest BCUT2D eigenvalue weighted by molar-refractivity contribution is 4.92. The first-order chi connectivity index (χ1) is 6.62.